The molecule has 0 bridgehead atoms. The fourth-order valence-electron chi connectivity index (χ4n) is 3.44. The monoisotopic (exact) mass is 424 g/mol. The number of hydrogen-bond acceptors (Lipinski definition) is 9. The van der Waals surface area contributed by atoms with Gasteiger partial charge < -0.3 is 15.2 Å². The van der Waals surface area contributed by atoms with Gasteiger partial charge in [-0.3, -0.25) is 5.10 Å². The number of rotatable bonds is 8. The van der Waals surface area contributed by atoms with E-state index in [-0.39, 0.29) is 10.6 Å². The molecule has 2 aromatic rings. The molecule has 0 saturated heterocycles. The lowest BCUT2D eigenvalue weighted by Gasteiger charge is -2.05. The summed E-state index contributed by atoms with van der Waals surface area (Å²) < 4.78 is 9.62. The maximum absolute atomic E-state index is 12.1. The van der Waals surface area contributed by atoms with Gasteiger partial charge in [-0.2, -0.15) is 0 Å². The fourth-order valence-corrected chi connectivity index (χ4v) is 5.37. The van der Waals surface area contributed by atoms with Gasteiger partial charge in [-0.05, 0) is 12.3 Å². The van der Waals surface area contributed by atoms with Crippen LogP contribution >= 0.6 is 23.1 Å². The van der Waals surface area contributed by atoms with Crippen molar-refractivity contribution in [2.75, 3.05) is 20.0 Å². The molecule has 1 fully saturated rings. The molecular weight excluding hydrogens is 400 g/mol. The summed E-state index contributed by atoms with van der Waals surface area (Å²) in [5, 5.41) is 8.02. The van der Waals surface area contributed by atoms with Crippen molar-refractivity contribution in [1.82, 2.24) is 15.2 Å². The van der Waals surface area contributed by atoms with Gasteiger partial charge in [-0.15, -0.1) is 16.4 Å². The molecule has 152 valence electrons. The van der Waals surface area contributed by atoms with Gasteiger partial charge in [0.25, 0.3) is 0 Å². The fraction of sp³-hybridized carbons (Fsp3) is 0.556. The van der Waals surface area contributed by atoms with E-state index in [9.17, 15) is 9.59 Å². The number of nitrogen functional groups attached to an aromatic ring is 1. The van der Waals surface area contributed by atoms with Crippen LogP contribution in [-0.2, 0) is 21.6 Å². The van der Waals surface area contributed by atoms with Gasteiger partial charge >= 0.3 is 11.9 Å². The highest BCUT2D eigenvalue weighted by atomic mass is 32.2. The second kappa shape index (κ2) is 9.42. The molecule has 0 aromatic carbocycles. The third-order valence-electron chi connectivity index (χ3n) is 4.92. The Morgan fingerprint density at radius 1 is 1.25 bits per heavy atom. The van der Waals surface area contributed by atoms with Crippen LogP contribution in [0.25, 0.3) is 0 Å². The van der Waals surface area contributed by atoms with Crippen molar-refractivity contribution >= 4 is 40.0 Å². The molecule has 3 N–H and O–H groups in total. The van der Waals surface area contributed by atoms with Gasteiger partial charge in [-0.25, -0.2) is 14.6 Å². The number of hydrogen-bond donors (Lipinski definition) is 2. The van der Waals surface area contributed by atoms with Crippen LogP contribution in [0.1, 0.15) is 63.5 Å². The first-order valence-electron chi connectivity index (χ1n) is 9.15. The summed E-state index contributed by atoms with van der Waals surface area (Å²) in [6.45, 7) is 0. The Morgan fingerprint density at radius 2 is 1.96 bits per heavy atom. The molecule has 0 atom stereocenters. The van der Waals surface area contributed by atoms with Crippen molar-refractivity contribution in [3.05, 3.63) is 21.8 Å². The van der Waals surface area contributed by atoms with Crippen LogP contribution in [0.5, 0.6) is 0 Å². The lowest BCUT2D eigenvalue weighted by atomic mass is 10.0. The van der Waals surface area contributed by atoms with Gasteiger partial charge in [-0.1, -0.05) is 37.4 Å². The number of thiophene rings is 1. The van der Waals surface area contributed by atoms with Gasteiger partial charge in [0.15, 0.2) is 0 Å². The highest BCUT2D eigenvalue weighted by molar-refractivity contribution is 7.98. The smallest absolute Gasteiger partial charge is 0.348 e. The first kappa shape index (κ1) is 20.7. The lowest BCUT2D eigenvalue weighted by Crippen LogP contribution is -2.08. The highest BCUT2D eigenvalue weighted by Gasteiger charge is 2.27. The molecule has 1 aliphatic carbocycles. The number of aromatic nitrogens is 3. The average Bonchev–Trinajstić information content (AvgIpc) is 3.43. The van der Waals surface area contributed by atoms with Crippen LogP contribution < -0.4 is 5.73 Å². The standard InChI is InChI=1S/C18H24N4O4S2/c1-25-16(23)13-11(14(17(24)26-2)28-15(13)19)9-27-18-20-12(21-22-18)8-7-10-5-3-4-6-10/h10H,3-9,19H2,1-2H3,(H,20,21,22). The number of carbonyl (C=O) groups excluding carboxylic acids is 2. The van der Waals surface area contributed by atoms with Gasteiger partial charge in [0.05, 0.1) is 19.8 Å². The number of H-pyrrole nitrogens is 1. The second-order valence-corrected chi connectivity index (χ2v) is 8.67. The van der Waals surface area contributed by atoms with E-state index in [1.165, 1.54) is 51.7 Å². The number of nitrogens with zero attached hydrogens (tertiary/aromatic N) is 2. The Morgan fingerprint density at radius 3 is 2.64 bits per heavy atom. The normalized spacial score (nSPS) is 14.4. The Kier molecular flexibility index (Phi) is 6.95. The summed E-state index contributed by atoms with van der Waals surface area (Å²) in [5.41, 5.74) is 6.64. The minimum Gasteiger partial charge on any atom is -0.465 e. The number of nitrogens with two attached hydrogens (primary N) is 1. The average molecular weight is 425 g/mol. The predicted molar refractivity (Wildman–Crippen MR) is 108 cm³/mol. The third-order valence-corrected chi connectivity index (χ3v) is 6.83. The number of thioether (sulfide) groups is 1. The molecule has 2 heterocycles. The van der Waals surface area contributed by atoms with Crippen molar-refractivity contribution in [2.24, 2.45) is 5.92 Å². The van der Waals surface area contributed by atoms with Crippen LogP contribution in [0.3, 0.4) is 0 Å². The number of ether oxygens (including phenoxy) is 2. The topological polar surface area (TPSA) is 120 Å². The van der Waals surface area contributed by atoms with E-state index in [0.29, 0.717) is 21.3 Å². The van der Waals surface area contributed by atoms with Crippen molar-refractivity contribution in [3.8, 4) is 0 Å². The van der Waals surface area contributed by atoms with Crippen molar-refractivity contribution < 1.29 is 19.1 Å². The zero-order valence-electron chi connectivity index (χ0n) is 15.9. The number of methoxy groups -OCH3 is 2. The summed E-state index contributed by atoms with van der Waals surface area (Å²) in [5.74, 6) is 0.852. The summed E-state index contributed by atoms with van der Waals surface area (Å²) in [6.07, 6.45) is 7.28. The zero-order valence-corrected chi connectivity index (χ0v) is 17.6. The second-order valence-electron chi connectivity index (χ2n) is 6.67. The summed E-state index contributed by atoms with van der Waals surface area (Å²) in [7, 11) is 2.57. The molecule has 10 heteroatoms. The van der Waals surface area contributed by atoms with Crippen molar-refractivity contribution in [3.63, 3.8) is 0 Å². The Balaban J connectivity index is 1.69. The summed E-state index contributed by atoms with van der Waals surface area (Å²) >= 11 is 2.35. The molecule has 0 aliphatic heterocycles. The Labute approximate surface area is 171 Å². The minimum absolute atomic E-state index is 0.206. The Bertz CT molecular complexity index is 843. The number of aryl methyl sites for hydroxylation is 1. The quantitative estimate of drug-likeness (QED) is 0.488. The number of nitrogens with one attached hydrogen (secondary N) is 1. The van der Waals surface area contributed by atoms with E-state index in [1.807, 2.05) is 0 Å². The van der Waals surface area contributed by atoms with Crippen LogP contribution in [0.2, 0.25) is 0 Å². The summed E-state index contributed by atoms with van der Waals surface area (Å²) in [6, 6.07) is 0. The van der Waals surface area contributed by atoms with Crippen LogP contribution in [0.4, 0.5) is 5.00 Å². The van der Waals surface area contributed by atoms with E-state index in [0.717, 1.165) is 35.9 Å². The van der Waals surface area contributed by atoms with E-state index >= 15 is 0 Å². The number of carbonyl (C=O) groups is 2. The van der Waals surface area contributed by atoms with Gasteiger partial charge in [0.2, 0.25) is 5.16 Å². The van der Waals surface area contributed by atoms with E-state index in [2.05, 4.69) is 15.2 Å². The molecule has 0 amide bonds. The predicted octanol–water partition coefficient (Wildman–Crippen LogP) is 3.44. The maximum Gasteiger partial charge on any atom is 0.348 e. The van der Waals surface area contributed by atoms with Crippen LogP contribution in [0.15, 0.2) is 5.16 Å². The molecule has 0 spiro atoms. The molecule has 2 aromatic heterocycles. The van der Waals surface area contributed by atoms with Crippen LogP contribution in [-0.4, -0.2) is 41.3 Å². The molecule has 8 nitrogen and oxygen atoms in total. The van der Waals surface area contributed by atoms with Gasteiger partial charge in [0.1, 0.15) is 15.7 Å². The largest absolute Gasteiger partial charge is 0.465 e. The molecule has 3 rings (SSSR count). The first-order chi connectivity index (χ1) is 13.5. The zero-order chi connectivity index (χ0) is 20.1. The SMILES string of the molecule is COC(=O)c1sc(N)c(C(=O)OC)c1CSc1n[nH]c(CCC2CCCC2)n1. The minimum atomic E-state index is -0.577. The molecular formula is C18H24N4O4S2. The van der Waals surface area contributed by atoms with E-state index < -0.39 is 11.9 Å². The van der Waals surface area contributed by atoms with Crippen molar-refractivity contribution in [1.29, 1.82) is 0 Å². The first-order valence-corrected chi connectivity index (χ1v) is 11.0. The van der Waals surface area contributed by atoms with Gasteiger partial charge in [0, 0.05) is 17.7 Å². The molecule has 1 saturated carbocycles. The van der Waals surface area contributed by atoms with Crippen molar-refractivity contribution in [2.45, 2.75) is 49.4 Å². The van der Waals surface area contributed by atoms with E-state index in [4.69, 9.17) is 15.2 Å². The molecule has 0 radical (unpaired) electrons. The van der Waals surface area contributed by atoms with Crippen LogP contribution in [0, 0.1) is 5.92 Å². The third kappa shape index (κ3) is 4.67. The van der Waals surface area contributed by atoms with E-state index in [1.54, 1.807) is 0 Å². The molecule has 1 aliphatic rings. The number of aromatic amines is 1. The molecule has 28 heavy (non-hydrogen) atoms. The number of anilines is 1. The maximum atomic E-state index is 12.1. The lowest BCUT2D eigenvalue weighted by molar-refractivity contribution is 0.0601. The molecule has 0 unspecified atom stereocenters. The summed E-state index contributed by atoms with van der Waals surface area (Å²) in [4.78, 5) is 29.0. The Hall–Kier alpha value is -2.07. The highest BCUT2D eigenvalue weighted by Crippen LogP contribution is 2.36. The number of esters is 2.